The average Bonchev–Trinajstić information content (AvgIpc) is 2.40. The topological polar surface area (TPSA) is 12.0 Å². The molecule has 20 heavy (non-hydrogen) atoms. The molecule has 1 unspecified atom stereocenters. The van der Waals surface area contributed by atoms with Gasteiger partial charge in [0.25, 0.3) is 0 Å². The van der Waals surface area contributed by atoms with Crippen molar-refractivity contribution in [3.63, 3.8) is 0 Å². The van der Waals surface area contributed by atoms with Gasteiger partial charge in [-0.15, -0.1) is 0 Å². The Labute approximate surface area is 132 Å². The van der Waals surface area contributed by atoms with Crippen molar-refractivity contribution in [1.29, 1.82) is 0 Å². The molecule has 1 nitrogen and oxygen atoms in total. The number of halogens is 3. The molecule has 1 N–H and O–H groups in total. The van der Waals surface area contributed by atoms with E-state index in [1.54, 1.807) is 6.07 Å². The Hall–Kier alpha value is -0.900. The number of hydrogen-bond acceptors (Lipinski definition) is 1. The zero-order valence-electron chi connectivity index (χ0n) is 11.4. The van der Waals surface area contributed by atoms with Crippen molar-refractivity contribution in [2.24, 2.45) is 0 Å². The minimum Gasteiger partial charge on any atom is -0.306 e. The van der Waals surface area contributed by atoms with Crippen molar-refractivity contribution in [2.45, 2.75) is 19.9 Å². The van der Waals surface area contributed by atoms with Crippen LogP contribution in [0.3, 0.4) is 0 Å². The SMILES string of the molecule is CCNC(c1ccc(F)cc1C)c1cc(Cl)ccc1Br. The Morgan fingerprint density at radius 1 is 1.20 bits per heavy atom. The van der Waals surface area contributed by atoms with Crippen molar-refractivity contribution in [3.8, 4) is 0 Å². The van der Waals surface area contributed by atoms with Gasteiger partial charge in [0, 0.05) is 9.50 Å². The molecule has 0 saturated heterocycles. The van der Waals surface area contributed by atoms with Crippen molar-refractivity contribution < 1.29 is 4.39 Å². The van der Waals surface area contributed by atoms with Crippen LogP contribution in [0.25, 0.3) is 0 Å². The van der Waals surface area contributed by atoms with E-state index >= 15 is 0 Å². The Balaban J connectivity index is 2.53. The van der Waals surface area contributed by atoms with Crippen molar-refractivity contribution in [3.05, 3.63) is 68.4 Å². The van der Waals surface area contributed by atoms with E-state index in [4.69, 9.17) is 11.6 Å². The Morgan fingerprint density at radius 3 is 2.60 bits per heavy atom. The van der Waals surface area contributed by atoms with Gasteiger partial charge in [-0.3, -0.25) is 0 Å². The predicted molar refractivity (Wildman–Crippen MR) is 85.8 cm³/mol. The van der Waals surface area contributed by atoms with E-state index < -0.39 is 0 Å². The molecular formula is C16H16BrClFN. The van der Waals surface area contributed by atoms with Crippen LogP contribution in [0.15, 0.2) is 40.9 Å². The lowest BCUT2D eigenvalue weighted by Crippen LogP contribution is -2.23. The van der Waals surface area contributed by atoms with Gasteiger partial charge < -0.3 is 5.32 Å². The molecule has 0 aliphatic carbocycles. The van der Waals surface area contributed by atoms with Crippen LogP contribution in [-0.2, 0) is 0 Å². The van der Waals surface area contributed by atoms with Gasteiger partial charge in [-0.1, -0.05) is 40.5 Å². The third-order valence-electron chi connectivity index (χ3n) is 3.22. The summed E-state index contributed by atoms with van der Waals surface area (Å²) < 4.78 is 14.3. The number of nitrogens with one attached hydrogen (secondary N) is 1. The first-order valence-electron chi connectivity index (χ1n) is 6.47. The van der Waals surface area contributed by atoms with Crippen molar-refractivity contribution in [1.82, 2.24) is 5.32 Å². The van der Waals surface area contributed by atoms with Crippen molar-refractivity contribution in [2.75, 3.05) is 6.54 Å². The highest BCUT2D eigenvalue weighted by Gasteiger charge is 2.18. The van der Waals surface area contributed by atoms with Gasteiger partial charge in [0.1, 0.15) is 5.82 Å². The molecule has 0 saturated carbocycles. The lowest BCUT2D eigenvalue weighted by molar-refractivity contribution is 0.609. The standard InChI is InChI=1S/C16H16BrClFN/c1-3-20-16(13-6-5-12(19)8-10(13)2)14-9-11(18)4-7-15(14)17/h4-9,16,20H,3H2,1-2H3. The predicted octanol–water partition coefficient (Wildman–Crippen LogP) is 5.25. The van der Waals surface area contributed by atoms with Gasteiger partial charge in [0.2, 0.25) is 0 Å². The second-order valence-electron chi connectivity index (χ2n) is 4.66. The summed E-state index contributed by atoms with van der Waals surface area (Å²) in [7, 11) is 0. The summed E-state index contributed by atoms with van der Waals surface area (Å²) in [5.74, 6) is -0.216. The Morgan fingerprint density at radius 2 is 1.95 bits per heavy atom. The normalized spacial score (nSPS) is 12.4. The minimum atomic E-state index is -0.216. The zero-order chi connectivity index (χ0) is 14.7. The monoisotopic (exact) mass is 355 g/mol. The molecule has 0 heterocycles. The number of benzene rings is 2. The average molecular weight is 357 g/mol. The molecular weight excluding hydrogens is 341 g/mol. The molecule has 0 bridgehead atoms. The highest BCUT2D eigenvalue weighted by Crippen LogP contribution is 2.32. The summed E-state index contributed by atoms with van der Waals surface area (Å²) in [5.41, 5.74) is 3.02. The van der Waals surface area contributed by atoms with Crippen LogP contribution in [-0.4, -0.2) is 6.54 Å². The van der Waals surface area contributed by atoms with E-state index in [0.717, 1.165) is 27.7 Å². The molecule has 1 atom stereocenters. The van der Waals surface area contributed by atoms with Gasteiger partial charge in [0.05, 0.1) is 6.04 Å². The van der Waals surface area contributed by atoms with Gasteiger partial charge in [-0.2, -0.15) is 0 Å². The summed E-state index contributed by atoms with van der Waals surface area (Å²) in [6.07, 6.45) is 0. The summed E-state index contributed by atoms with van der Waals surface area (Å²) in [6, 6.07) is 10.6. The molecule has 0 aliphatic heterocycles. The van der Waals surface area contributed by atoms with Crippen LogP contribution in [0.2, 0.25) is 5.02 Å². The lowest BCUT2D eigenvalue weighted by atomic mass is 9.95. The maximum Gasteiger partial charge on any atom is 0.123 e. The molecule has 2 aromatic rings. The molecule has 106 valence electrons. The van der Waals surface area contributed by atoms with Crippen LogP contribution >= 0.6 is 27.5 Å². The summed E-state index contributed by atoms with van der Waals surface area (Å²) in [4.78, 5) is 0. The molecule has 2 rings (SSSR count). The number of rotatable bonds is 4. The Kier molecular flexibility index (Phi) is 5.19. The van der Waals surface area contributed by atoms with Crippen LogP contribution in [0.1, 0.15) is 29.7 Å². The van der Waals surface area contributed by atoms with Gasteiger partial charge in [0.15, 0.2) is 0 Å². The highest BCUT2D eigenvalue weighted by atomic mass is 79.9. The molecule has 4 heteroatoms. The van der Waals surface area contributed by atoms with Crippen molar-refractivity contribution >= 4 is 27.5 Å². The van der Waals surface area contributed by atoms with E-state index in [-0.39, 0.29) is 11.9 Å². The molecule has 0 spiro atoms. The first-order valence-corrected chi connectivity index (χ1v) is 7.64. The first-order chi connectivity index (χ1) is 9.52. The molecule has 0 aliphatic rings. The quantitative estimate of drug-likeness (QED) is 0.789. The Bertz CT molecular complexity index is 615. The van der Waals surface area contributed by atoms with E-state index in [9.17, 15) is 4.39 Å². The fraction of sp³-hybridized carbons (Fsp3) is 0.250. The first kappa shape index (κ1) is 15.5. The summed E-state index contributed by atoms with van der Waals surface area (Å²) in [6.45, 7) is 4.77. The summed E-state index contributed by atoms with van der Waals surface area (Å²) in [5, 5.41) is 4.12. The summed E-state index contributed by atoms with van der Waals surface area (Å²) >= 11 is 9.67. The van der Waals surface area contributed by atoms with Gasteiger partial charge >= 0.3 is 0 Å². The van der Waals surface area contributed by atoms with E-state index in [0.29, 0.717) is 5.02 Å². The highest BCUT2D eigenvalue weighted by molar-refractivity contribution is 9.10. The van der Waals surface area contributed by atoms with Crippen LogP contribution in [0.5, 0.6) is 0 Å². The number of aryl methyl sites for hydroxylation is 1. The second-order valence-corrected chi connectivity index (χ2v) is 5.95. The van der Waals surface area contributed by atoms with Gasteiger partial charge in [-0.05, 0) is 60.5 Å². The molecule has 2 aromatic carbocycles. The van der Waals surface area contributed by atoms with E-state index in [1.165, 1.54) is 6.07 Å². The zero-order valence-corrected chi connectivity index (χ0v) is 13.7. The fourth-order valence-corrected chi connectivity index (χ4v) is 2.95. The van der Waals surface area contributed by atoms with Gasteiger partial charge in [-0.25, -0.2) is 4.39 Å². The minimum absolute atomic E-state index is 0.0197. The maximum atomic E-state index is 13.3. The molecule has 0 radical (unpaired) electrons. The van der Waals surface area contributed by atoms with Crippen LogP contribution in [0.4, 0.5) is 4.39 Å². The second kappa shape index (κ2) is 6.70. The van der Waals surface area contributed by atoms with E-state index in [2.05, 4.69) is 21.2 Å². The smallest absolute Gasteiger partial charge is 0.123 e. The third kappa shape index (κ3) is 3.40. The molecule has 0 fully saturated rings. The molecule has 0 aromatic heterocycles. The number of hydrogen-bond donors (Lipinski definition) is 1. The fourth-order valence-electron chi connectivity index (χ4n) is 2.29. The van der Waals surface area contributed by atoms with E-state index in [1.807, 2.05) is 38.1 Å². The molecule has 0 amide bonds. The lowest BCUT2D eigenvalue weighted by Gasteiger charge is -2.22. The van der Waals surface area contributed by atoms with Crippen LogP contribution < -0.4 is 5.32 Å². The maximum absolute atomic E-state index is 13.3. The van der Waals surface area contributed by atoms with Crippen LogP contribution in [0, 0.1) is 12.7 Å². The third-order valence-corrected chi connectivity index (χ3v) is 4.18. The largest absolute Gasteiger partial charge is 0.306 e.